The van der Waals surface area contributed by atoms with E-state index in [1.54, 1.807) is 0 Å². The standard InChI is InChI=1S/C11H7BrF7NO/c12-1-2-20(3-4(13)14)11(21)5-6(15)8(17)10(19)9(18)7(5)16/h4H,1-3H2. The fraction of sp³-hybridized carbons (Fsp3) is 0.364. The first-order valence-electron chi connectivity index (χ1n) is 5.37. The summed E-state index contributed by atoms with van der Waals surface area (Å²) in [6.07, 6.45) is -3.03. The summed E-state index contributed by atoms with van der Waals surface area (Å²) in [4.78, 5) is 12.1. The van der Waals surface area contributed by atoms with Crippen LogP contribution in [0, 0.1) is 29.1 Å². The Labute approximate surface area is 122 Å². The van der Waals surface area contributed by atoms with Gasteiger partial charge in [-0.15, -0.1) is 0 Å². The summed E-state index contributed by atoms with van der Waals surface area (Å²) >= 11 is 2.82. The Kier molecular flexibility index (Phi) is 5.99. The molecule has 0 atom stereocenters. The molecule has 0 saturated carbocycles. The van der Waals surface area contributed by atoms with Crippen LogP contribution in [-0.4, -0.2) is 35.7 Å². The average Bonchev–Trinajstić information content (AvgIpc) is 2.42. The highest BCUT2D eigenvalue weighted by molar-refractivity contribution is 9.09. The van der Waals surface area contributed by atoms with Gasteiger partial charge in [0.25, 0.3) is 12.3 Å². The molecule has 0 aliphatic carbocycles. The van der Waals surface area contributed by atoms with E-state index in [0.717, 1.165) is 0 Å². The van der Waals surface area contributed by atoms with Crippen LogP contribution in [0.4, 0.5) is 30.7 Å². The first kappa shape index (κ1) is 17.7. The lowest BCUT2D eigenvalue weighted by Gasteiger charge is -2.22. The van der Waals surface area contributed by atoms with E-state index in [0.29, 0.717) is 0 Å². The molecule has 0 aliphatic rings. The second-order valence-electron chi connectivity index (χ2n) is 3.78. The number of halogens is 8. The van der Waals surface area contributed by atoms with Gasteiger partial charge < -0.3 is 4.90 Å². The molecule has 0 fully saturated rings. The van der Waals surface area contributed by atoms with Crippen molar-refractivity contribution in [3.8, 4) is 0 Å². The Hall–Kier alpha value is -1.32. The van der Waals surface area contributed by atoms with Gasteiger partial charge in [-0.3, -0.25) is 4.79 Å². The van der Waals surface area contributed by atoms with E-state index < -0.39 is 60.1 Å². The van der Waals surface area contributed by atoms with Crippen LogP contribution in [-0.2, 0) is 0 Å². The zero-order valence-corrected chi connectivity index (χ0v) is 11.7. The summed E-state index contributed by atoms with van der Waals surface area (Å²) in [5.41, 5.74) is -1.76. The van der Waals surface area contributed by atoms with E-state index in [1.165, 1.54) is 0 Å². The Morgan fingerprint density at radius 3 is 1.76 bits per heavy atom. The number of hydrogen-bond acceptors (Lipinski definition) is 1. The molecule has 0 bridgehead atoms. The minimum absolute atomic E-state index is 0.0269. The van der Waals surface area contributed by atoms with Gasteiger partial charge in [0.1, 0.15) is 5.56 Å². The highest BCUT2D eigenvalue weighted by Crippen LogP contribution is 2.24. The molecule has 0 unspecified atom stereocenters. The molecule has 1 aromatic rings. The highest BCUT2D eigenvalue weighted by atomic mass is 79.9. The molecule has 0 radical (unpaired) electrons. The lowest BCUT2D eigenvalue weighted by Crippen LogP contribution is -2.38. The third-order valence-corrected chi connectivity index (χ3v) is 2.78. The van der Waals surface area contributed by atoms with Crippen molar-refractivity contribution in [1.29, 1.82) is 0 Å². The number of hydrogen-bond donors (Lipinski definition) is 0. The van der Waals surface area contributed by atoms with Crippen molar-refractivity contribution in [3.63, 3.8) is 0 Å². The van der Waals surface area contributed by atoms with Crippen LogP contribution < -0.4 is 0 Å². The fourth-order valence-electron chi connectivity index (χ4n) is 1.50. The number of carbonyl (C=O) groups excluding carboxylic acids is 1. The van der Waals surface area contributed by atoms with Crippen molar-refractivity contribution in [2.75, 3.05) is 18.4 Å². The molecule has 0 heterocycles. The van der Waals surface area contributed by atoms with Crippen LogP contribution in [0.25, 0.3) is 0 Å². The van der Waals surface area contributed by atoms with Gasteiger partial charge in [-0.1, -0.05) is 15.9 Å². The molecule has 1 rings (SSSR count). The van der Waals surface area contributed by atoms with E-state index >= 15 is 0 Å². The topological polar surface area (TPSA) is 20.3 Å². The molecule has 0 aliphatic heterocycles. The zero-order valence-electron chi connectivity index (χ0n) is 10.1. The van der Waals surface area contributed by atoms with Gasteiger partial charge >= 0.3 is 0 Å². The summed E-state index contributed by atoms with van der Waals surface area (Å²) in [6.45, 7) is -1.60. The molecule has 0 spiro atoms. The molecule has 0 aromatic heterocycles. The predicted molar refractivity (Wildman–Crippen MR) is 61.9 cm³/mol. The van der Waals surface area contributed by atoms with Crippen LogP contribution in [0.15, 0.2) is 0 Å². The van der Waals surface area contributed by atoms with Gasteiger partial charge in [0.2, 0.25) is 5.82 Å². The molecule has 21 heavy (non-hydrogen) atoms. The lowest BCUT2D eigenvalue weighted by molar-refractivity contribution is 0.0561. The quantitative estimate of drug-likeness (QED) is 0.331. The highest BCUT2D eigenvalue weighted by Gasteiger charge is 2.32. The average molecular weight is 382 g/mol. The number of carbonyl (C=O) groups is 1. The molecule has 0 saturated heterocycles. The van der Waals surface area contributed by atoms with Gasteiger partial charge in [-0.25, -0.2) is 30.7 Å². The third kappa shape index (κ3) is 3.66. The molecular formula is C11H7BrF7NO. The summed E-state index contributed by atoms with van der Waals surface area (Å²) in [5.74, 6) is -13.5. The van der Waals surface area contributed by atoms with Gasteiger partial charge in [0, 0.05) is 11.9 Å². The van der Waals surface area contributed by atoms with Gasteiger partial charge in [-0.05, 0) is 0 Å². The number of rotatable bonds is 5. The number of nitrogens with zero attached hydrogens (tertiary/aromatic N) is 1. The van der Waals surface area contributed by atoms with Crippen LogP contribution in [0.3, 0.4) is 0 Å². The molecule has 1 amide bonds. The normalized spacial score (nSPS) is 11.1. The lowest BCUT2D eigenvalue weighted by atomic mass is 10.1. The van der Waals surface area contributed by atoms with E-state index in [4.69, 9.17) is 0 Å². The van der Waals surface area contributed by atoms with E-state index in [-0.39, 0.29) is 10.2 Å². The number of benzene rings is 1. The van der Waals surface area contributed by atoms with E-state index in [1.807, 2.05) is 0 Å². The van der Waals surface area contributed by atoms with Crippen LogP contribution in [0.1, 0.15) is 10.4 Å². The van der Waals surface area contributed by atoms with E-state index in [2.05, 4.69) is 15.9 Å². The molecular weight excluding hydrogens is 375 g/mol. The maximum Gasteiger partial charge on any atom is 0.260 e. The van der Waals surface area contributed by atoms with Crippen molar-refractivity contribution < 1.29 is 35.5 Å². The second-order valence-corrected chi connectivity index (χ2v) is 4.57. The van der Waals surface area contributed by atoms with Gasteiger partial charge in [0.15, 0.2) is 23.3 Å². The summed E-state index contributed by atoms with van der Waals surface area (Å²) < 4.78 is 90.3. The SMILES string of the molecule is O=C(c1c(F)c(F)c(F)c(F)c1F)N(CCBr)CC(F)F. The maximum absolute atomic E-state index is 13.4. The molecule has 0 N–H and O–H groups in total. The Balaban J connectivity index is 3.34. The second kappa shape index (κ2) is 7.10. The Morgan fingerprint density at radius 1 is 0.952 bits per heavy atom. The van der Waals surface area contributed by atoms with Gasteiger partial charge in [-0.2, -0.15) is 0 Å². The van der Waals surface area contributed by atoms with Crippen LogP contribution >= 0.6 is 15.9 Å². The van der Waals surface area contributed by atoms with Crippen molar-refractivity contribution in [2.24, 2.45) is 0 Å². The summed E-state index contributed by atoms with van der Waals surface area (Å²) in [7, 11) is 0. The van der Waals surface area contributed by atoms with Crippen molar-refractivity contribution in [1.82, 2.24) is 4.90 Å². The van der Waals surface area contributed by atoms with Gasteiger partial charge in [0.05, 0.1) is 6.54 Å². The first-order valence-corrected chi connectivity index (χ1v) is 6.49. The minimum atomic E-state index is -3.03. The summed E-state index contributed by atoms with van der Waals surface area (Å²) in [6, 6.07) is 0. The monoisotopic (exact) mass is 381 g/mol. The van der Waals surface area contributed by atoms with Crippen LogP contribution in [0.5, 0.6) is 0 Å². The number of alkyl halides is 3. The molecule has 1 aromatic carbocycles. The Morgan fingerprint density at radius 2 is 1.38 bits per heavy atom. The fourth-order valence-corrected chi connectivity index (χ4v) is 1.92. The molecule has 118 valence electrons. The Bertz CT molecular complexity index is 523. The zero-order chi connectivity index (χ0) is 16.3. The maximum atomic E-state index is 13.4. The first-order chi connectivity index (χ1) is 9.72. The molecule has 2 nitrogen and oxygen atoms in total. The summed E-state index contributed by atoms with van der Waals surface area (Å²) in [5, 5.41) is -0.0269. The van der Waals surface area contributed by atoms with Crippen molar-refractivity contribution in [3.05, 3.63) is 34.6 Å². The number of amides is 1. The van der Waals surface area contributed by atoms with Crippen LogP contribution in [0.2, 0.25) is 0 Å². The smallest absolute Gasteiger partial charge is 0.260 e. The van der Waals surface area contributed by atoms with Crippen molar-refractivity contribution >= 4 is 21.8 Å². The third-order valence-electron chi connectivity index (χ3n) is 2.42. The predicted octanol–water partition coefficient (Wildman–Crippen LogP) is 3.48. The molecule has 10 heteroatoms. The van der Waals surface area contributed by atoms with Crippen molar-refractivity contribution in [2.45, 2.75) is 6.43 Å². The largest absolute Gasteiger partial charge is 0.332 e. The van der Waals surface area contributed by atoms with E-state index in [9.17, 15) is 35.5 Å². The minimum Gasteiger partial charge on any atom is -0.332 e.